The number of benzene rings is 1. The Morgan fingerprint density at radius 2 is 2.12 bits per heavy atom. The lowest BCUT2D eigenvalue weighted by Crippen LogP contribution is -2.14. The summed E-state index contributed by atoms with van der Waals surface area (Å²) in [6, 6.07) is 4.23. The van der Waals surface area contributed by atoms with E-state index in [1.54, 1.807) is 27.8 Å². The Balaban J connectivity index is 1.74. The highest BCUT2D eigenvalue weighted by atomic mass is 35.5. The molecule has 0 aliphatic rings. The lowest BCUT2D eigenvalue weighted by Gasteiger charge is -2.05. The second-order valence-corrected chi connectivity index (χ2v) is 6.39. The summed E-state index contributed by atoms with van der Waals surface area (Å²) < 4.78 is 16.6. The van der Waals surface area contributed by atoms with Gasteiger partial charge in [-0.25, -0.2) is 4.39 Å². The smallest absolute Gasteiger partial charge is 0.259 e. The summed E-state index contributed by atoms with van der Waals surface area (Å²) in [7, 11) is 0. The van der Waals surface area contributed by atoms with E-state index in [0.29, 0.717) is 35.1 Å². The predicted octanol–water partition coefficient (Wildman–Crippen LogP) is 3.81. The zero-order valence-corrected chi connectivity index (χ0v) is 15.5. The Morgan fingerprint density at radius 1 is 1.35 bits per heavy atom. The summed E-state index contributed by atoms with van der Waals surface area (Å²) in [5.74, 6) is -0.607. The molecule has 2 aromatic heterocycles. The van der Waals surface area contributed by atoms with Crippen molar-refractivity contribution >= 4 is 23.2 Å². The van der Waals surface area contributed by atoms with Gasteiger partial charge in [0.2, 0.25) is 0 Å². The number of carbonyl (C=O) groups is 1. The van der Waals surface area contributed by atoms with Gasteiger partial charge in [0, 0.05) is 23.5 Å². The van der Waals surface area contributed by atoms with Crippen molar-refractivity contribution in [2.24, 2.45) is 0 Å². The van der Waals surface area contributed by atoms with Crippen LogP contribution in [0.1, 0.15) is 34.2 Å². The number of aromatic nitrogens is 4. The molecule has 136 valence electrons. The number of nitrogens with zero attached hydrogens (tertiary/aromatic N) is 4. The lowest BCUT2D eigenvalue weighted by molar-refractivity contribution is 0.102. The number of amides is 1. The molecular weight excluding hydrogens is 357 g/mol. The van der Waals surface area contributed by atoms with Crippen molar-refractivity contribution < 1.29 is 9.18 Å². The maximum Gasteiger partial charge on any atom is 0.259 e. The maximum absolute atomic E-state index is 13.1. The van der Waals surface area contributed by atoms with E-state index >= 15 is 0 Å². The highest BCUT2D eigenvalue weighted by Crippen LogP contribution is 2.19. The number of rotatable bonds is 5. The molecule has 0 aliphatic carbocycles. The standard InChI is InChI=1S/C18H19ClFN5O/c1-4-25-12(3)17(11(2)23-25)18(26)22-15-8-21-24(10-15)9-13-5-6-14(20)7-16(13)19/h5-8,10H,4,9H2,1-3H3,(H,22,26). The molecular formula is C18H19ClFN5O. The average Bonchev–Trinajstić information content (AvgIpc) is 3.13. The molecule has 0 saturated heterocycles. The largest absolute Gasteiger partial charge is 0.319 e. The van der Waals surface area contributed by atoms with Gasteiger partial charge in [0.25, 0.3) is 5.91 Å². The molecule has 0 saturated carbocycles. The second kappa shape index (κ2) is 7.29. The first-order valence-corrected chi connectivity index (χ1v) is 8.58. The summed E-state index contributed by atoms with van der Waals surface area (Å²) in [5.41, 5.74) is 3.39. The zero-order valence-electron chi connectivity index (χ0n) is 14.8. The fraction of sp³-hybridized carbons (Fsp3) is 0.278. The Morgan fingerprint density at radius 3 is 2.77 bits per heavy atom. The molecule has 1 N–H and O–H groups in total. The van der Waals surface area contributed by atoms with E-state index in [0.717, 1.165) is 11.3 Å². The number of hydrogen-bond acceptors (Lipinski definition) is 3. The van der Waals surface area contributed by atoms with Crippen LogP contribution in [0, 0.1) is 19.7 Å². The molecule has 2 heterocycles. The minimum Gasteiger partial charge on any atom is -0.319 e. The van der Waals surface area contributed by atoms with Gasteiger partial charge in [-0.1, -0.05) is 17.7 Å². The van der Waals surface area contributed by atoms with Gasteiger partial charge in [0.05, 0.1) is 29.7 Å². The Labute approximate surface area is 155 Å². The van der Waals surface area contributed by atoms with Crippen molar-refractivity contribution in [1.82, 2.24) is 19.6 Å². The van der Waals surface area contributed by atoms with Crippen LogP contribution in [0.2, 0.25) is 5.02 Å². The highest BCUT2D eigenvalue weighted by Gasteiger charge is 2.18. The third kappa shape index (κ3) is 3.62. The SMILES string of the molecule is CCn1nc(C)c(C(=O)Nc2cnn(Cc3ccc(F)cc3Cl)c2)c1C. The van der Waals surface area contributed by atoms with Crippen LogP contribution in [0.5, 0.6) is 0 Å². The maximum atomic E-state index is 13.1. The average molecular weight is 376 g/mol. The van der Waals surface area contributed by atoms with Crippen molar-refractivity contribution in [1.29, 1.82) is 0 Å². The van der Waals surface area contributed by atoms with Crippen molar-refractivity contribution in [2.45, 2.75) is 33.9 Å². The number of carbonyl (C=O) groups excluding carboxylic acids is 1. The van der Waals surface area contributed by atoms with Gasteiger partial charge in [0.1, 0.15) is 5.82 Å². The first kappa shape index (κ1) is 18.1. The van der Waals surface area contributed by atoms with Crippen molar-refractivity contribution in [3.05, 3.63) is 63.9 Å². The molecule has 0 radical (unpaired) electrons. The molecule has 3 rings (SSSR count). The monoisotopic (exact) mass is 375 g/mol. The van der Waals surface area contributed by atoms with E-state index in [4.69, 9.17) is 11.6 Å². The van der Waals surface area contributed by atoms with E-state index in [-0.39, 0.29) is 11.7 Å². The van der Waals surface area contributed by atoms with Crippen LogP contribution in [0.4, 0.5) is 10.1 Å². The molecule has 0 fully saturated rings. The zero-order chi connectivity index (χ0) is 18.8. The fourth-order valence-corrected chi connectivity index (χ4v) is 3.09. The molecule has 0 unspecified atom stereocenters. The second-order valence-electron chi connectivity index (χ2n) is 5.98. The summed E-state index contributed by atoms with van der Waals surface area (Å²) in [4.78, 5) is 12.6. The topological polar surface area (TPSA) is 64.7 Å². The van der Waals surface area contributed by atoms with Crippen LogP contribution in [0.25, 0.3) is 0 Å². The summed E-state index contributed by atoms with van der Waals surface area (Å²) in [5, 5.41) is 11.8. The fourth-order valence-electron chi connectivity index (χ4n) is 2.87. The molecule has 1 aromatic carbocycles. The first-order valence-electron chi connectivity index (χ1n) is 8.20. The minimum atomic E-state index is -0.384. The van der Waals surface area contributed by atoms with Gasteiger partial charge < -0.3 is 5.32 Å². The Kier molecular flexibility index (Phi) is 5.08. The summed E-state index contributed by atoms with van der Waals surface area (Å²) in [6.07, 6.45) is 3.26. The molecule has 3 aromatic rings. The predicted molar refractivity (Wildman–Crippen MR) is 98.1 cm³/mol. The molecule has 0 spiro atoms. The number of anilines is 1. The van der Waals surface area contributed by atoms with Gasteiger partial charge in [-0.3, -0.25) is 14.2 Å². The van der Waals surface area contributed by atoms with E-state index < -0.39 is 0 Å². The molecule has 8 heteroatoms. The van der Waals surface area contributed by atoms with Gasteiger partial charge >= 0.3 is 0 Å². The normalized spacial score (nSPS) is 11.0. The van der Waals surface area contributed by atoms with E-state index in [2.05, 4.69) is 15.5 Å². The third-order valence-electron chi connectivity index (χ3n) is 4.15. The van der Waals surface area contributed by atoms with E-state index in [1.165, 1.54) is 12.1 Å². The number of hydrogen-bond donors (Lipinski definition) is 1. The lowest BCUT2D eigenvalue weighted by atomic mass is 10.2. The Bertz CT molecular complexity index is 963. The quantitative estimate of drug-likeness (QED) is 0.737. The number of aryl methyl sites for hydroxylation is 2. The molecule has 0 aliphatic heterocycles. The van der Waals surface area contributed by atoms with Gasteiger partial charge in [-0.05, 0) is 38.5 Å². The van der Waals surface area contributed by atoms with Gasteiger partial charge in [-0.2, -0.15) is 10.2 Å². The van der Waals surface area contributed by atoms with Gasteiger partial charge in [-0.15, -0.1) is 0 Å². The highest BCUT2D eigenvalue weighted by molar-refractivity contribution is 6.31. The minimum absolute atomic E-state index is 0.223. The van der Waals surface area contributed by atoms with Crippen molar-refractivity contribution in [3.63, 3.8) is 0 Å². The van der Waals surface area contributed by atoms with Crippen LogP contribution in [-0.4, -0.2) is 25.5 Å². The number of halogens is 2. The van der Waals surface area contributed by atoms with Crippen molar-refractivity contribution in [2.75, 3.05) is 5.32 Å². The molecule has 26 heavy (non-hydrogen) atoms. The summed E-state index contributed by atoms with van der Waals surface area (Å²) >= 11 is 6.04. The van der Waals surface area contributed by atoms with Crippen molar-refractivity contribution in [3.8, 4) is 0 Å². The number of nitrogens with one attached hydrogen (secondary N) is 1. The Hall–Kier alpha value is -2.67. The van der Waals surface area contributed by atoms with Crippen LogP contribution < -0.4 is 5.32 Å². The molecule has 0 bridgehead atoms. The van der Waals surface area contributed by atoms with Crippen LogP contribution in [0.3, 0.4) is 0 Å². The van der Waals surface area contributed by atoms with E-state index in [9.17, 15) is 9.18 Å². The third-order valence-corrected chi connectivity index (χ3v) is 4.50. The molecule has 1 amide bonds. The van der Waals surface area contributed by atoms with E-state index in [1.807, 2.05) is 20.8 Å². The van der Waals surface area contributed by atoms with Gasteiger partial charge in [0.15, 0.2) is 0 Å². The van der Waals surface area contributed by atoms with Crippen LogP contribution in [-0.2, 0) is 13.1 Å². The molecule has 6 nitrogen and oxygen atoms in total. The molecule has 0 atom stereocenters. The van der Waals surface area contributed by atoms with Crippen LogP contribution in [0.15, 0.2) is 30.6 Å². The summed E-state index contributed by atoms with van der Waals surface area (Å²) in [6.45, 7) is 6.75. The van der Waals surface area contributed by atoms with Crippen LogP contribution >= 0.6 is 11.6 Å². The first-order chi connectivity index (χ1) is 12.4.